The Morgan fingerprint density at radius 1 is 1.00 bits per heavy atom. The molecule has 0 radical (unpaired) electrons. The SMILES string of the molecule is N#CC1(NC(=O)C2(c3c(C(N)=O)oc4cc(-c5ccc6c(c5)OCCS(=O)(=O)C6)ccc34)CCC(F)(F)CC2)CC1. The van der Waals surface area contributed by atoms with Crippen molar-refractivity contribution in [2.24, 2.45) is 5.73 Å². The molecule has 12 heteroatoms. The molecule has 2 aromatic carbocycles. The molecule has 9 nitrogen and oxygen atoms in total. The summed E-state index contributed by atoms with van der Waals surface area (Å²) < 4.78 is 64.6. The van der Waals surface area contributed by atoms with Crippen molar-refractivity contribution in [2.45, 2.75) is 61.2 Å². The van der Waals surface area contributed by atoms with Crippen LogP contribution in [-0.4, -0.2) is 44.1 Å². The molecular weight excluding hydrogens is 556 g/mol. The van der Waals surface area contributed by atoms with Gasteiger partial charge >= 0.3 is 0 Å². The summed E-state index contributed by atoms with van der Waals surface area (Å²) in [6, 6.07) is 12.3. The van der Waals surface area contributed by atoms with Gasteiger partial charge in [0.15, 0.2) is 15.6 Å². The van der Waals surface area contributed by atoms with Crippen molar-refractivity contribution in [1.29, 1.82) is 5.26 Å². The number of carbonyl (C=O) groups is 2. The molecule has 41 heavy (non-hydrogen) atoms. The minimum Gasteiger partial charge on any atom is -0.492 e. The highest BCUT2D eigenvalue weighted by atomic mass is 32.2. The van der Waals surface area contributed by atoms with Gasteiger partial charge in [-0.25, -0.2) is 17.2 Å². The molecule has 6 rings (SSSR count). The van der Waals surface area contributed by atoms with Crippen molar-refractivity contribution in [3.63, 3.8) is 0 Å². The zero-order valence-corrected chi connectivity index (χ0v) is 22.8. The van der Waals surface area contributed by atoms with Gasteiger partial charge in [-0.3, -0.25) is 9.59 Å². The Hall–Kier alpha value is -3.98. The van der Waals surface area contributed by atoms with Crippen LogP contribution in [0.2, 0.25) is 0 Å². The molecule has 3 aliphatic rings. The first-order valence-corrected chi connectivity index (χ1v) is 15.1. The van der Waals surface area contributed by atoms with E-state index in [0.717, 1.165) is 0 Å². The number of primary amides is 1. The maximum atomic E-state index is 14.3. The maximum absolute atomic E-state index is 14.3. The van der Waals surface area contributed by atoms with Crippen LogP contribution in [0.15, 0.2) is 40.8 Å². The standard InChI is InChI=1S/C29H27F2N3O6S/c30-29(31)9-7-28(8-10-29,26(36)34-27(16-32)5-6-27)23-20-4-3-18(14-22(20)40-24(23)25(33)35)17-1-2-19-15-41(37,38)12-11-39-21(19)13-17/h1-4,13-14H,5-12,15H2,(H2,33,35)(H,34,36). The molecule has 2 saturated carbocycles. The van der Waals surface area contributed by atoms with Crippen molar-refractivity contribution in [2.75, 3.05) is 12.4 Å². The van der Waals surface area contributed by atoms with E-state index in [9.17, 15) is 32.0 Å². The zero-order chi connectivity index (χ0) is 29.2. The molecule has 3 aromatic rings. The quantitative estimate of drug-likeness (QED) is 0.458. The van der Waals surface area contributed by atoms with Crippen LogP contribution in [0.25, 0.3) is 22.1 Å². The van der Waals surface area contributed by atoms with Crippen LogP contribution in [0.4, 0.5) is 8.78 Å². The van der Waals surface area contributed by atoms with E-state index in [1.165, 1.54) is 0 Å². The molecule has 0 unspecified atom stereocenters. The summed E-state index contributed by atoms with van der Waals surface area (Å²) in [5, 5.41) is 12.7. The van der Waals surface area contributed by atoms with Crippen molar-refractivity contribution >= 4 is 32.6 Å². The maximum Gasteiger partial charge on any atom is 0.284 e. The molecule has 2 heterocycles. The van der Waals surface area contributed by atoms with E-state index in [1.807, 2.05) is 0 Å². The number of hydrogen-bond donors (Lipinski definition) is 2. The Morgan fingerprint density at radius 3 is 2.34 bits per heavy atom. The normalized spacial score (nSPS) is 21.5. The minimum absolute atomic E-state index is 0.0393. The molecular formula is C29H27F2N3O6S. The highest BCUT2D eigenvalue weighted by Gasteiger charge is 2.55. The lowest BCUT2D eigenvalue weighted by Crippen LogP contribution is -2.52. The van der Waals surface area contributed by atoms with Gasteiger partial charge in [0.25, 0.3) is 5.91 Å². The summed E-state index contributed by atoms with van der Waals surface area (Å²) in [5.41, 5.74) is 5.39. The van der Waals surface area contributed by atoms with Crippen molar-refractivity contribution in [3.05, 3.63) is 53.3 Å². The number of rotatable bonds is 5. The number of nitrogens with zero attached hydrogens (tertiary/aromatic N) is 1. The van der Waals surface area contributed by atoms with Crippen molar-refractivity contribution < 1.29 is 35.9 Å². The molecule has 0 spiro atoms. The van der Waals surface area contributed by atoms with E-state index in [2.05, 4.69) is 11.4 Å². The number of amides is 2. The number of benzene rings is 2. The minimum atomic E-state index is -3.27. The molecule has 214 valence electrons. The Balaban J connectivity index is 1.45. The number of sulfone groups is 1. The summed E-state index contributed by atoms with van der Waals surface area (Å²) >= 11 is 0. The fraction of sp³-hybridized carbons (Fsp3) is 0.414. The number of alkyl halides is 2. The van der Waals surface area contributed by atoms with Gasteiger partial charge in [-0.15, -0.1) is 0 Å². The summed E-state index contributed by atoms with van der Waals surface area (Å²) in [5.74, 6) is -4.54. The topological polar surface area (TPSA) is 152 Å². The average molecular weight is 584 g/mol. The number of furan rings is 1. The largest absolute Gasteiger partial charge is 0.492 e. The number of fused-ring (bicyclic) bond motifs is 2. The first kappa shape index (κ1) is 27.2. The monoisotopic (exact) mass is 583 g/mol. The van der Waals surface area contributed by atoms with Gasteiger partial charge in [0.1, 0.15) is 23.5 Å². The lowest BCUT2D eigenvalue weighted by Gasteiger charge is -2.39. The highest BCUT2D eigenvalue weighted by Crippen LogP contribution is 2.50. The molecule has 1 aliphatic heterocycles. The van der Waals surface area contributed by atoms with Gasteiger partial charge in [0.2, 0.25) is 11.8 Å². The molecule has 1 aromatic heterocycles. The predicted molar refractivity (Wildman–Crippen MR) is 144 cm³/mol. The second kappa shape index (κ2) is 9.27. The van der Waals surface area contributed by atoms with Crippen LogP contribution < -0.4 is 15.8 Å². The first-order valence-electron chi connectivity index (χ1n) is 13.3. The Labute approximate surface area is 234 Å². The van der Waals surface area contributed by atoms with Crippen molar-refractivity contribution in [3.8, 4) is 22.9 Å². The van der Waals surface area contributed by atoms with E-state index in [-0.39, 0.29) is 47.9 Å². The lowest BCUT2D eigenvalue weighted by atomic mass is 9.66. The molecule has 2 aliphatic carbocycles. The fourth-order valence-electron chi connectivity index (χ4n) is 5.86. The van der Waals surface area contributed by atoms with Gasteiger partial charge in [0, 0.05) is 29.4 Å². The predicted octanol–water partition coefficient (Wildman–Crippen LogP) is 4.13. The van der Waals surface area contributed by atoms with Gasteiger partial charge in [-0.05, 0) is 48.9 Å². The van der Waals surface area contributed by atoms with E-state index in [0.29, 0.717) is 40.7 Å². The molecule has 0 bridgehead atoms. The van der Waals surface area contributed by atoms with Crippen LogP contribution in [0.3, 0.4) is 0 Å². The van der Waals surface area contributed by atoms with Gasteiger partial charge in [0.05, 0.1) is 23.0 Å². The smallest absolute Gasteiger partial charge is 0.284 e. The number of ether oxygens (including phenoxy) is 1. The van der Waals surface area contributed by atoms with Crippen LogP contribution in [0.1, 0.15) is 60.2 Å². The molecule has 0 atom stereocenters. The number of nitrogens with one attached hydrogen (secondary N) is 1. The average Bonchev–Trinajstić information content (AvgIpc) is 3.62. The first-order chi connectivity index (χ1) is 19.4. The summed E-state index contributed by atoms with van der Waals surface area (Å²) in [6.07, 6.45) is -0.752. The zero-order valence-electron chi connectivity index (χ0n) is 22.0. The van der Waals surface area contributed by atoms with Crippen molar-refractivity contribution in [1.82, 2.24) is 5.32 Å². The molecule has 2 amide bonds. The van der Waals surface area contributed by atoms with Crippen LogP contribution >= 0.6 is 0 Å². The Bertz CT molecular complexity index is 1740. The fourth-order valence-corrected chi connectivity index (χ4v) is 7.05. The molecule has 3 N–H and O–H groups in total. The third-order valence-electron chi connectivity index (χ3n) is 8.41. The van der Waals surface area contributed by atoms with Crippen LogP contribution in [0.5, 0.6) is 5.75 Å². The highest BCUT2D eigenvalue weighted by molar-refractivity contribution is 7.90. The van der Waals surface area contributed by atoms with Crippen LogP contribution in [0, 0.1) is 11.3 Å². The van der Waals surface area contributed by atoms with Gasteiger partial charge in [-0.2, -0.15) is 5.26 Å². The Kier molecular flexibility index (Phi) is 6.15. The van der Waals surface area contributed by atoms with Gasteiger partial charge < -0.3 is 20.2 Å². The third kappa shape index (κ3) is 4.82. The van der Waals surface area contributed by atoms with E-state index >= 15 is 0 Å². The number of nitrogens with two attached hydrogens (primary N) is 1. The second-order valence-corrected chi connectivity index (χ2v) is 13.4. The second-order valence-electron chi connectivity index (χ2n) is 11.2. The molecule has 2 fully saturated rings. The summed E-state index contributed by atoms with van der Waals surface area (Å²) in [6.45, 7) is 0.0393. The number of halogens is 2. The van der Waals surface area contributed by atoms with E-state index in [1.54, 1.807) is 36.4 Å². The summed E-state index contributed by atoms with van der Waals surface area (Å²) in [7, 11) is -3.27. The number of carbonyl (C=O) groups excluding carboxylic acids is 2. The van der Waals surface area contributed by atoms with E-state index in [4.69, 9.17) is 14.9 Å². The molecule has 0 saturated heterocycles. The Morgan fingerprint density at radius 2 is 1.68 bits per heavy atom. The number of hydrogen-bond acceptors (Lipinski definition) is 7. The number of nitriles is 1. The van der Waals surface area contributed by atoms with Gasteiger partial charge in [-0.1, -0.05) is 24.3 Å². The van der Waals surface area contributed by atoms with E-state index < -0.39 is 51.4 Å². The third-order valence-corrected chi connectivity index (χ3v) is 9.95. The lowest BCUT2D eigenvalue weighted by molar-refractivity contribution is -0.132. The van der Waals surface area contributed by atoms with Crippen LogP contribution in [-0.2, 0) is 25.8 Å². The summed E-state index contributed by atoms with van der Waals surface area (Å²) in [4.78, 5) is 26.4.